The summed E-state index contributed by atoms with van der Waals surface area (Å²) >= 11 is 1.68. The molecule has 0 radical (unpaired) electrons. The second-order valence-electron chi connectivity index (χ2n) is 6.01. The second-order valence-corrected chi connectivity index (χ2v) is 7.04. The molecule has 2 aromatic rings. The lowest BCUT2D eigenvalue weighted by Crippen LogP contribution is -2.42. The molecule has 2 heterocycles. The first-order chi connectivity index (χ1) is 11.9. The molecular formula is C17H27IN6OS. The number of carbonyl (C=O) groups is 1. The highest BCUT2D eigenvalue weighted by atomic mass is 127. The molecule has 0 saturated carbocycles. The number of rotatable bonds is 6. The molecule has 2 aromatic heterocycles. The van der Waals surface area contributed by atoms with Crippen molar-refractivity contribution in [2.24, 2.45) is 12.0 Å². The van der Waals surface area contributed by atoms with Gasteiger partial charge in [0.25, 0.3) is 0 Å². The molecule has 0 unspecified atom stereocenters. The van der Waals surface area contributed by atoms with Gasteiger partial charge >= 0.3 is 0 Å². The molecule has 144 valence electrons. The molecule has 26 heavy (non-hydrogen) atoms. The number of guanidine groups is 1. The molecule has 9 heteroatoms. The molecule has 0 bridgehead atoms. The van der Waals surface area contributed by atoms with Crippen molar-refractivity contribution in [1.82, 2.24) is 25.3 Å². The number of halogens is 1. The Morgan fingerprint density at radius 1 is 1.35 bits per heavy atom. The van der Waals surface area contributed by atoms with E-state index in [1.54, 1.807) is 30.3 Å². The number of hydrogen-bond acceptors (Lipinski definition) is 4. The number of hydrogen-bond donors (Lipinski definition) is 2. The van der Waals surface area contributed by atoms with E-state index < -0.39 is 0 Å². The predicted octanol–water partition coefficient (Wildman–Crippen LogP) is 2.04. The van der Waals surface area contributed by atoms with E-state index in [1.165, 1.54) is 4.88 Å². The van der Waals surface area contributed by atoms with Crippen molar-refractivity contribution < 1.29 is 4.79 Å². The lowest BCUT2D eigenvalue weighted by atomic mass is 10.2. The van der Waals surface area contributed by atoms with Crippen LogP contribution in [0.4, 0.5) is 0 Å². The SMILES string of the molecule is Cc1nn(C)c(C)c1CN=C(NCC(=O)N(C)C)NCc1cccs1.I. The Morgan fingerprint density at radius 2 is 2.08 bits per heavy atom. The highest BCUT2D eigenvalue weighted by Gasteiger charge is 2.10. The molecule has 0 aliphatic carbocycles. The molecule has 7 nitrogen and oxygen atoms in total. The van der Waals surface area contributed by atoms with Gasteiger partial charge in [0, 0.05) is 37.3 Å². The Hall–Kier alpha value is -1.62. The van der Waals surface area contributed by atoms with Gasteiger partial charge in [-0.3, -0.25) is 9.48 Å². The summed E-state index contributed by atoms with van der Waals surface area (Å²) in [6.07, 6.45) is 0. The van der Waals surface area contributed by atoms with E-state index in [-0.39, 0.29) is 36.4 Å². The predicted molar refractivity (Wildman–Crippen MR) is 117 cm³/mol. The Labute approximate surface area is 175 Å². The number of thiophene rings is 1. The molecule has 0 aliphatic rings. The summed E-state index contributed by atoms with van der Waals surface area (Å²) in [4.78, 5) is 19.2. The fourth-order valence-electron chi connectivity index (χ4n) is 2.28. The molecule has 0 saturated heterocycles. The Bertz CT molecular complexity index is 739. The van der Waals surface area contributed by atoms with Gasteiger partial charge in [-0.25, -0.2) is 4.99 Å². The third kappa shape index (κ3) is 6.27. The number of aliphatic imine (C=N–C) groups is 1. The van der Waals surface area contributed by atoms with Crippen molar-refractivity contribution in [3.63, 3.8) is 0 Å². The van der Waals surface area contributed by atoms with Gasteiger partial charge < -0.3 is 15.5 Å². The van der Waals surface area contributed by atoms with Gasteiger partial charge in [0.05, 0.1) is 25.3 Å². The zero-order valence-electron chi connectivity index (χ0n) is 15.9. The third-order valence-electron chi connectivity index (χ3n) is 3.97. The number of amides is 1. The van der Waals surface area contributed by atoms with Crippen molar-refractivity contribution in [3.05, 3.63) is 39.3 Å². The van der Waals surface area contributed by atoms with Gasteiger partial charge in [0.2, 0.25) is 5.91 Å². The number of nitrogens with zero attached hydrogens (tertiary/aromatic N) is 4. The first-order valence-corrected chi connectivity index (χ1v) is 9.00. The zero-order chi connectivity index (χ0) is 18.4. The fraction of sp³-hybridized carbons (Fsp3) is 0.471. The van der Waals surface area contributed by atoms with Crippen LogP contribution in [0, 0.1) is 13.8 Å². The van der Waals surface area contributed by atoms with Crippen LogP contribution in [-0.2, 0) is 24.9 Å². The van der Waals surface area contributed by atoms with Crippen molar-refractivity contribution in [2.45, 2.75) is 26.9 Å². The lowest BCUT2D eigenvalue weighted by Gasteiger charge is -2.14. The van der Waals surface area contributed by atoms with E-state index in [0.717, 1.165) is 17.0 Å². The number of likely N-dealkylation sites (N-methyl/N-ethyl adjacent to an activating group) is 1. The lowest BCUT2D eigenvalue weighted by molar-refractivity contribution is -0.127. The molecular weight excluding hydrogens is 463 g/mol. The monoisotopic (exact) mass is 490 g/mol. The van der Waals surface area contributed by atoms with Gasteiger partial charge in [-0.15, -0.1) is 35.3 Å². The number of carbonyl (C=O) groups excluding carboxylic acids is 1. The summed E-state index contributed by atoms with van der Waals surface area (Å²) in [5.41, 5.74) is 3.19. The quantitative estimate of drug-likeness (QED) is 0.369. The highest BCUT2D eigenvalue weighted by molar-refractivity contribution is 14.0. The van der Waals surface area contributed by atoms with E-state index in [9.17, 15) is 4.79 Å². The van der Waals surface area contributed by atoms with Crippen LogP contribution in [0.1, 0.15) is 21.8 Å². The van der Waals surface area contributed by atoms with Gasteiger partial charge in [-0.05, 0) is 25.3 Å². The van der Waals surface area contributed by atoms with Crippen molar-refractivity contribution in [2.75, 3.05) is 20.6 Å². The van der Waals surface area contributed by atoms with Crippen LogP contribution in [0.3, 0.4) is 0 Å². The van der Waals surface area contributed by atoms with Crippen LogP contribution in [0.2, 0.25) is 0 Å². The summed E-state index contributed by atoms with van der Waals surface area (Å²) < 4.78 is 1.86. The van der Waals surface area contributed by atoms with Crippen LogP contribution in [0.25, 0.3) is 0 Å². The van der Waals surface area contributed by atoms with Gasteiger partial charge in [-0.2, -0.15) is 5.10 Å². The minimum atomic E-state index is -0.000590. The summed E-state index contributed by atoms with van der Waals surface area (Å²) in [5, 5.41) is 12.8. The van der Waals surface area contributed by atoms with Crippen LogP contribution < -0.4 is 10.6 Å². The summed E-state index contributed by atoms with van der Waals surface area (Å²) in [6.45, 7) is 5.41. The highest BCUT2D eigenvalue weighted by Crippen LogP contribution is 2.13. The Balaban J connectivity index is 0.00000338. The zero-order valence-corrected chi connectivity index (χ0v) is 19.0. The van der Waals surface area contributed by atoms with E-state index in [4.69, 9.17) is 0 Å². The maximum absolute atomic E-state index is 11.8. The molecule has 1 amide bonds. The molecule has 0 aliphatic heterocycles. The van der Waals surface area contributed by atoms with Crippen LogP contribution in [-0.4, -0.2) is 47.2 Å². The summed E-state index contributed by atoms with van der Waals surface area (Å²) in [6, 6.07) is 4.08. The first-order valence-electron chi connectivity index (χ1n) is 8.12. The minimum absolute atomic E-state index is 0. The van der Waals surface area contributed by atoms with E-state index >= 15 is 0 Å². The first kappa shape index (κ1) is 22.4. The molecule has 2 N–H and O–H groups in total. The van der Waals surface area contributed by atoms with Crippen molar-refractivity contribution in [1.29, 1.82) is 0 Å². The Kier molecular flexibility index (Phi) is 9.06. The molecule has 2 rings (SSSR count). The molecule has 0 atom stereocenters. The number of aromatic nitrogens is 2. The fourth-order valence-corrected chi connectivity index (χ4v) is 2.92. The summed E-state index contributed by atoms with van der Waals surface area (Å²) in [7, 11) is 5.41. The van der Waals surface area contributed by atoms with E-state index in [1.807, 2.05) is 37.0 Å². The molecule has 0 spiro atoms. The largest absolute Gasteiger partial charge is 0.351 e. The number of nitrogens with one attached hydrogen (secondary N) is 2. The van der Waals surface area contributed by atoms with Crippen LogP contribution in [0.5, 0.6) is 0 Å². The smallest absolute Gasteiger partial charge is 0.241 e. The normalized spacial score (nSPS) is 11.0. The Morgan fingerprint density at radius 3 is 2.62 bits per heavy atom. The van der Waals surface area contributed by atoms with Gasteiger partial charge in [-0.1, -0.05) is 6.07 Å². The third-order valence-corrected chi connectivity index (χ3v) is 4.85. The maximum atomic E-state index is 11.8. The van der Waals surface area contributed by atoms with Gasteiger partial charge in [0.1, 0.15) is 0 Å². The van der Waals surface area contributed by atoms with Gasteiger partial charge in [0.15, 0.2) is 5.96 Å². The van der Waals surface area contributed by atoms with Crippen molar-refractivity contribution >= 4 is 47.2 Å². The van der Waals surface area contributed by atoms with E-state index in [0.29, 0.717) is 19.0 Å². The molecule has 0 fully saturated rings. The standard InChI is InChI=1S/C17H26N6OS.HI/c1-12-15(13(2)23(5)21-12)10-19-17(20-11-16(24)22(3)4)18-9-14-7-6-8-25-14;/h6-8H,9-11H2,1-5H3,(H2,18,19,20);1H. The van der Waals surface area contributed by atoms with Crippen LogP contribution in [0.15, 0.2) is 22.5 Å². The maximum Gasteiger partial charge on any atom is 0.241 e. The average molecular weight is 490 g/mol. The summed E-state index contributed by atoms with van der Waals surface area (Å²) in [5.74, 6) is 0.616. The topological polar surface area (TPSA) is 74.5 Å². The number of aryl methyl sites for hydroxylation is 2. The van der Waals surface area contributed by atoms with Crippen LogP contribution >= 0.6 is 35.3 Å². The van der Waals surface area contributed by atoms with Crippen molar-refractivity contribution in [3.8, 4) is 0 Å². The van der Waals surface area contributed by atoms with E-state index in [2.05, 4.69) is 26.8 Å². The minimum Gasteiger partial charge on any atom is -0.351 e. The molecule has 0 aromatic carbocycles. The second kappa shape index (κ2) is 10.5. The average Bonchev–Trinajstić information content (AvgIpc) is 3.16.